The Labute approximate surface area is 112 Å². The first kappa shape index (κ1) is 12.8. The third kappa shape index (κ3) is 2.99. The smallest absolute Gasteiger partial charge is 0.269 e. The Morgan fingerprint density at radius 3 is 2.61 bits per heavy atom. The normalized spacial score (nSPS) is 10.5. The minimum absolute atomic E-state index is 0.113. The first-order chi connectivity index (χ1) is 8.56. The molecule has 0 radical (unpaired) electrons. The number of hydrogen-bond acceptors (Lipinski definition) is 6. The van der Waals surface area contributed by atoms with Crippen LogP contribution in [0.15, 0.2) is 28.5 Å². The van der Waals surface area contributed by atoms with E-state index in [1.165, 1.54) is 23.5 Å². The molecule has 0 spiro atoms. The monoisotopic (exact) mass is 281 g/mol. The summed E-state index contributed by atoms with van der Waals surface area (Å²) in [5.74, 6) is 0.750. The number of rotatable bonds is 4. The van der Waals surface area contributed by atoms with Crippen LogP contribution in [-0.4, -0.2) is 9.91 Å². The van der Waals surface area contributed by atoms with Crippen molar-refractivity contribution < 1.29 is 4.92 Å². The van der Waals surface area contributed by atoms with Crippen molar-refractivity contribution in [2.75, 3.05) is 5.73 Å². The van der Waals surface area contributed by atoms with Crippen LogP contribution in [0.3, 0.4) is 0 Å². The van der Waals surface area contributed by atoms with Gasteiger partial charge in [0.1, 0.15) is 0 Å². The fourth-order valence-corrected chi connectivity index (χ4v) is 3.38. The van der Waals surface area contributed by atoms with Crippen LogP contribution in [0.2, 0.25) is 0 Å². The zero-order valence-electron chi connectivity index (χ0n) is 9.62. The second-order valence-electron chi connectivity index (χ2n) is 3.64. The van der Waals surface area contributed by atoms with Crippen LogP contribution in [-0.2, 0) is 5.75 Å². The van der Waals surface area contributed by atoms with Crippen molar-refractivity contribution in [3.8, 4) is 0 Å². The number of anilines is 1. The van der Waals surface area contributed by atoms with E-state index in [1.807, 2.05) is 6.92 Å². The van der Waals surface area contributed by atoms with Crippen molar-refractivity contribution >= 4 is 33.9 Å². The Balaban J connectivity index is 2.02. The van der Waals surface area contributed by atoms with Gasteiger partial charge in [-0.05, 0) is 12.5 Å². The molecule has 2 rings (SSSR count). The van der Waals surface area contributed by atoms with Gasteiger partial charge in [0.2, 0.25) is 0 Å². The number of aromatic nitrogens is 1. The zero-order chi connectivity index (χ0) is 13.1. The average Bonchev–Trinajstić information content (AvgIpc) is 2.66. The lowest BCUT2D eigenvalue weighted by Crippen LogP contribution is -1.88. The number of nitrogens with two attached hydrogens (primary N) is 1. The van der Waals surface area contributed by atoms with E-state index in [0.29, 0.717) is 5.13 Å². The Bertz CT molecular complexity index is 566. The lowest BCUT2D eigenvalue weighted by Gasteiger charge is -2.00. The molecular weight excluding hydrogens is 270 g/mol. The molecule has 1 aromatic carbocycles. The maximum Gasteiger partial charge on any atom is 0.269 e. The van der Waals surface area contributed by atoms with Crippen LogP contribution >= 0.6 is 23.1 Å². The quantitative estimate of drug-likeness (QED) is 0.528. The Morgan fingerprint density at radius 1 is 1.44 bits per heavy atom. The van der Waals surface area contributed by atoms with Crippen molar-refractivity contribution in [3.05, 3.63) is 45.6 Å². The summed E-state index contributed by atoms with van der Waals surface area (Å²) >= 11 is 3.10. The highest BCUT2D eigenvalue weighted by Gasteiger charge is 2.07. The predicted octanol–water partition coefficient (Wildman–Crippen LogP) is 3.23. The minimum atomic E-state index is -0.398. The molecule has 0 unspecified atom stereocenters. The highest BCUT2D eigenvalue weighted by molar-refractivity contribution is 8.00. The molecule has 0 saturated heterocycles. The number of nitro benzene ring substituents is 1. The van der Waals surface area contributed by atoms with E-state index in [2.05, 4.69) is 4.98 Å². The molecule has 0 bridgehead atoms. The second-order valence-corrected chi connectivity index (χ2v) is 5.91. The molecule has 2 aromatic rings. The number of thiazole rings is 1. The summed E-state index contributed by atoms with van der Waals surface area (Å²) in [7, 11) is 0. The summed E-state index contributed by atoms with van der Waals surface area (Å²) in [6.07, 6.45) is 0. The largest absolute Gasteiger partial charge is 0.375 e. The molecule has 7 heteroatoms. The van der Waals surface area contributed by atoms with E-state index in [0.717, 1.165) is 21.2 Å². The Morgan fingerprint density at radius 2 is 2.11 bits per heavy atom. The van der Waals surface area contributed by atoms with E-state index in [1.54, 1.807) is 23.9 Å². The lowest BCUT2D eigenvalue weighted by molar-refractivity contribution is -0.384. The van der Waals surface area contributed by atoms with Gasteiger partial charge in [0, 0.05) is 17.9 Å². The number of non-ortho nitro benzene ring substituents is 1. The van der Waals surface area contributed by atoms with Crippen molar-refractivity contribution in [2.24, 2.45) is 0 Å². The van der Waals surface area contributed by atoms with Gasteiger partial charge in [-0.15, -0.1) is 11.8 Å². The summed E-state index contributed by atoms with van der Waals surface area (Å²) in [5, 5.41) is 11.1. The van der Waals surface area contributed by atoms with Gasteiger partial charge in [0.15, 0.2) is 5.13 Å². The summed E-state index contributed by atoms with van der Waals surface area (Å²) in [6.45, 7) is 1.92. The summed E-state index contributed by atoms with van der Waals surface area (Å²) in [4.78, 5) is 14.3. The van der Waals surface area contributed by atoms with Crippen molar-refractivity contribution in [2.45, 2.75) is 16.9 Å². The molecule has 1 heterocycles. The van der Waals surface area contributed by atoms with Gasteiger partial charge in [-0.2, -0.15) is 0 Å². The molecule has 0 amide bonds. The van der Waals surface area contributed by atoms with Gasteiger partial charge in [-0.1, -0.05) is 23.5 Å². The van der Waals surface area contributed by atoms with Gasteiger partial charge >= 0.3 is 0 Å². The first-order valence-corrected chi connectivity index (χ1v) is 6.95. The highest BCUT2D eigenvalue weighted by Crippen LogP contribution is 2.32. The molecule has 0 aliphatic carbocycles. The third-order valence-corrected chi connectivity index (χ3v) is 4.71. The van der Waals surface area contributed by atoms with Crippen LogP contribution in [0, 0.1) is 17.0 Å². The third-order valence-electron chi connectivity index (χ3n) is 2.29. The molecule has 18 heavy (non-hydrogen) atoms. The topological polar surface area (TPSA) is 82.0 Å². The van der Waals surface area contributed by atoms with Gasteiger partial charge in [0.05, 0.1) is 14.8 Å². The summed E-state index contributed by atoms with van der Waals surface area (Å²) < 4.78 is 1.09. The van der Waals surface area contributed by atoms with Crippen LogP contribution in [0.4, 0.5) is 10.8 Å². The summed E-state index contributed by atoms with van der Waals surface area (Å²) in [5.41, 5.74) is 7.71. The number of nitrogens with zero attached hydrogens (tertiary/aromatic N) is 2. The molecule has 0 fully saturated rings. The van der Waals surface area contributed by atoms with E-state index in [9.17, 15) is 10.1 Å². The molecule has 0 aliphatic heterocycles. The number of nitrogen functional groups attached to an aromatic ring is 1. The van der Waals surface area contributed by atoms with E-state index < -0.39 is 4.92 Å². The van der Waals surface area contributed by atoms with Gasteiger partial charge < -0.3 is 5.73 Å². The first-order valence-electron chi connectivity index (χ1n) is 5.15. The van der Waals surface area contributed by atoms with Crippen LogP contribution in [0.25, 0.3) is 0 Å². The van der Waals surface area contributed by atoms with E-state index >= 15 is 0 Å². The van der Waals surface area contributed by atoms with Crippen LogP contribution < -0.4 is 5.73 Å². The fourth-order valence-electron chi connectivity index (χ4n) is 1.40. The van der Waals surface area contributed by atoms with Gasteiger partial charge in [-0.25, -0.2) is 4.98 Å². The number of benzene rings is 1. The van der Waals surface area contributed by atoms with Crippen molar-refractivity contribution in [1.82, 2.24) is 4.98 Å². The molecule has 2 N–H and O–H groups in total. The summed E-state index contributed by atoms with van der Waals surface area (Å²) in [6, 6.07) is 6.57. The predicted molar refractivity (Wildman–Crippen MR) is 73.9 cm³/mol. The number of aryl methyl sites for hydroxylation is 1. The molecule has 1 aromatic heterocycles. The van der Waals surface area contributed by atoms with Crippen molar-refractivity contribution in [3.63, 3.8) is 0 Å². The second kappa shape index (κ2) is 5.36. The standard InChI is InChI=1S/C11H11N3O2S2/c1-7-10(18-11(12)13-7)17-6-8-2-4-9(5-3-8)14(15)16/h2-5H,6H2,1H3,(H2,12,13). The molecular formula is C11H11N3O2S2. The Kier molecular flexibility index (Phi) is 3.83. The Hall–Kier alpha value is -1.60. The number of nitro groups is 1. The van der Waals surface area contributed by atoms with E-state index in [4.69, 9.17) is 5.73 Å². The SMILES string of the molecule is Cc1nc(N)sc1SCc1ccc([N+](=O)[O-])cc1. The fraction of sp³-hybridized carbons (Fsp3) is 0.182. The minimum Gasteiger partial charge on any atom is -0.375 e. The average molecular weight is 281 g/mol. The number of hydrogen-bond donors (Lipinski definition) is 1. The molecule has 0 saturated carbocycles. The maximum atomic E-state index is 10.5. The maximum absolute atomic E-state index is 10.5. The van der Waals surface area contributed by atoms with Gasteiger partial charge in [-0.3, -0.25) is 10.1 Å². The van der Waals surface area contributed by atoms with Crippen LogP contribution in [0.5, 0.6) is 0 Å². The molecule has 5 nitrogen and oxygen atoms in total. The molecule has 94 valence electrons. The van der Waals surface area contributed by atoms with E-state index in [-0.39, 0.29) is 5.69 Å². The lowest BCUT2D eigenvalue weighted by atomic mass is 10.2. The van der Waals surface area contributed by atoms with Gasteiger partial charge in [0.25, 0.3) is 5.69 Å². The van der Waals surface area contributed by atoms with Crippen LogP contribution in [0.1, 0.15) is 11.3 Å². The zero-order valence-corrected chi connectivity index (χ0v) is 11.3. The van der Waals surface area contributed by atoms with Crippen molar-refractivity contribution in [1.29, 1.82) is 0 Å². The number of thioether (sulfide) groups is 1. The molecule has 0 aliphatic rings. The molecule has 0 atom stereocenters. The highest BCUT2D eigenvalue weighted by atomic mass is 32.2.